The molecule has 0 radical (unpaired) electrons. The fraction of sp³-hybridized carbons (Fsp3) is 0.304. The fourth-order valence-electron chi connectivity index (χ4n) is 4.06. The van der Waals surface area contributed by atoms with Gasteiger partial charge in [-0.05, 0) is 36.8 Å². The van der Waals surface area contributed by atoms with E-state index in [-0.39, 0.29) is 13.2 Å². The van der Waals surface area contributed by atoms with Crippen molar-refractivity contribution in [3.05, 3.63) is 42.0 Å². The first-order chi connectivity index (χ1) is 16.8. The van der Waals surface area contributed by atoms with E-state index in [1.807, 2.05) is 0 Å². The van der Waals surface area contributed by atoms with E-state index in [0.717, 1.165) is 10.5 Å². The number of urea groups is 2. The summed E-state index contributed by atoms with van der Waals surface area (Å²) >= 11 is 0. The Hall–Kier alpha value is -4.48. The third kappa shape index (κ3) is 4.50. The average Bonchev–Trinajstić information content (AvgIpc) is 3.36. The molecular weight excluding hydrogens is 460 g/mol. The quantitative estimate of drug-likeness (QED) is 0.543. The van der Waals surface area contributed by atoms with Crippen LogP contribution in [-0.2, 0) is 16.0 Å². The molecule has 0 spiro atoms. The molecule has 1 saturated heterocycles. The van der Waals surface area contributed by atoms with Crippen molar-refractivity contribution in [2.45, 2.75) is 18.9 Å². The lowest BCUT2D eigenvalue weighted by atomic mass is 9.92. The lowest BCUT2D eigenvalue weighted by Crippen LogP contribution is -2.47. The summed E-state index contributed by atoms with van der Waals surface area (Å²) in [5.74, 6) is 0.789. The first-order valence-corrected chi connectivity index (χ1v) is 10.8. The molecule has 3 aliphatic heterocycles. The third-order valence-corrected chi connectivity index (χ3v) is 5.69. The van der Waals surface area contributed by atoms with E-state index >= 15 is 0 Å². The largest absolute Gasteiger partial charge is 0.486 e. The van der Waals surface area contributed by atoms with Crippen molar-refractivity contribution in [3.8, 4) is 23.0 Å². The lowest BCUT2D eigenvalue weighted by molar-refractivity contribution is -0.134. The van der Waals surface area contributed by atoms with Crippen LogP contribution in [-0.4, -0.2) is 60.9 Å². The second kappa shape index (κ2) is 8.70. The summed E-state index contributed by atoms with van der Waals surface area (Å²) < 4.78 is 21.5. The molecule has 12 heteroatoms. The predicted octanol–water partition coefficient (Wildman–Crippen LogP) is 1.39. The van der Waals surface area contributed by atoms with Gasteiger partial charge in [0, 0.05) is 18.2 Å². The van der Waals surface area contributed by atoms with Crippen molar-refractivity contribution in [2.24, 2.45) is 0 Å². The molecule has 0 unspecified atom stereocenters. The van der Waals surface area contributed by atoms with Gasteiger partial charge in [-0.3, -0.25) is 19.8 Å². The molecule has 0 aromatic heterocycles. The van der Waals surface area contributed by atoms with E-state index in [9.17, 15) is 19.2 Å². The molecule has 3 aliphatic rings. The monoisotopic (exact) mass is 482 g/mol. The summed E-state index contributed by atoms with van der Waals surface area (Å²) in [5, 5.41) is 7.26. The third-order valence-electron chi connectivity index (χ3n) is 5.69. The molecule has 3 heterocycles. The Balaban J connectivity index is 1.18. The highest BCUT2D eigenvalue weighted by Gasteiger charge is 2.48. The van der Waals surface area contributed by atoms with Gasteiger partial charge in [0.2, 0.25) is 12.7 Å². The van der Waals surface area contributed by atoms with Gasteiger partial charge in [0.15, 0.2) is 23.0 Å². The summed E-state index contributed by atoms with van der Waals surface area (Å²) in [7, 11) is 0. The second-order valence-electron chi connectivity index (χ2n) is 8.38. The van der Waals surface area contributed by atoms with Gasteiger partial charge in [-0.1, -0.05) is 6.07 Å². The summed E-state index contributed by atoms with van der Waals surface area (Å²) in [6.45, 7) is 1.91. The Morgan fingerprint density at radius 2 is 1.66 bits per heavy atom. The summed E-state index contributed by atoms with van der Waals surface area (Å²) in [4.78, 5) is 50.9. The Labute approximate surface area is 199 Å². The van der Waals surface area contributed by atoms with E-state index in [4.69, 9.17) is 18.9 Å². The number of hydrogen-bond acceptors (Lipinski definition) is 8. The van der Waals surface area contributed by atoms with Gasteiger partial charge in [-0.15, -0.1) is 0 Å². The number of carbonyl (C=O) groups excluding carboxylic acids is 4. The van der Waals surface area contributed by atoms with Crippen LogP contribution >= 0.6 is 0 Å². The lowest BCUT2D eigenvalue weighted by Gasteiger charge is -2.22. The Morgan fingerprint density at radius 1 is 0.971 bits per heavy atom. The van der Waals surface area contributed by atoms with E-state index in [1.54, 1.807) is 43.3 Å². The molecule has 2 aromatic carbocycles. The highest BCUT2D eigenvalue weighted by Crippen LogP contribution is 2.34. The average molecular weight is 482 g/mol. The number of anilines is 1. The normalized spacial score (nSPS) is 19.9. The number of rotatable bonds is 5. The van der Waals surface area contributed by atoms with Crippen LogP contribution in [0.5, 0.6) is 23.0 Å². The minimum Gasteiger partial charge on any atom is -0.486 e. The maximum absolute atomic E-state index is 13.0. The first-order valence-electron chi connectivity index (χ1n) is 10.8. The zero-order chi connectivity index (χ0) is 24.6. The maximum Gasteiger partial charge on any atom is 0.325 e. The van der Waals surface area contributed by atoms with Crippen molar-refractivity contribution >= 4 is 29.6 Å². The Morgan fingerprint density at radius 3 is 2.49 bits per heavy atom. The minimum absolute atomic E-state index is 0.122. The number of imide groups is 2. The number of nitrogens with zero attached hydrogens (tertiary/aromatic N) is 1. The van der Waals surface area contributed by atoms with Crippen molar-refractivity contribution in [2.75, 3.05) is 31.9 Å². The van der Waals surface area contributed by atoms with E-state index < -0.39 is 36.0 Å². The molecule has 6 amide bonds. The van der Waals surface area contributed by atoms with Gasteiger partial charge >= 0.3 is 12.1 Å². The van der Waals surface area contributed by atoms with Crippen LogP contribution in [0, 0.1) is 0 Å². The van der Waals surface area contributed by atoms with Crippen LogP contribution in [0.2, 0.25) is 0 Å². The number of fused-ring (bicyclic) bond motifs is 2. The predicted molar refractivity (Wildman–Crippen MR) is 120 cm³/mol. The Bertz CT molecular complexity index is 1230. The Kier molecular flexibility index (Phi) is 5.55. The van der Waals surface area contributed by atoms with Gasteiger partial charge < -0.3 is 29.6 Å². The molecule has 0 bridgehead atoms. The van der Waals surface area contributed by atoms with Crippen molar-refractivity contribution in [3.63, 3.8) is 0 Å². The van der Waals surface area contributed by atoms with E-state index in [1.165, 1.54) is 0 Å². The van der Waals surface area contributed by atoms with Gasteiger partial charge in [0.05, 0.1) is 0 Å². The fourth-order valence-corrected chi connectivity index (χ4v) is 4.06. The summed E-state index contributed by atoms with van der Waals surface area (Å²) in [6.07, 6.45) is 0.178. The van der Waals surface area contributed by atoms with Crippen LogP contribution < -0.4 is 34.9 Å². The topological polar surface area (TPSA) is 145 Å². The number of carbonyl (C=O) groups is 4. The van der Waals surface area contributed by atoms with Crippen molar-refractivity contribution < 1.29 is 38.1 Å². The zero-order valence-corrected chi connectivity index (χ0v) is 18.7. The summed E-state index contributed by atoms with van der Waals surface area (Å²) in [5.41, 5.74) is -0.139. The molecule has 1 atom stereocenters. The van der Waals surface area contributed by atoms with Gasteiger partial charge in [0.25, 0.3) is 5.91 Å². The molecule has 35 heavy (non-hydrogen) atoms. The molecule has 182 valence electrons. The number of nitrogens with one attached hydrogen (secondary N) is 3. The maximum atomic E-state index is 13.0. The second-order valence-corrected chi connectivity index (χ2v) is 8.38. The van der Waals surface area contributed by atoms with Gasteiger partial charge in [-0.25, -0.2) is 9.59 Å². The highest BCUT2D eigenvalue weighted by atomic mass is 16.7. The molecule has 5 rings (SSSR count). The molecule has 12 nitrogen and oxygen atoms in total. The molecule has 0 aliphatic carbocycles. The van der Waals surface area contributed by atoms with E-state index in [0.29, 0.717) is 41.9 Å². The smallest absolute Gasteiger partial charge is 0.325 e. The van der Waals surface area contributed by atoms with Crippen LogP contribution in [0.25, 0.3) is 0 Å². The van der Waals surface area contributed by atoms with Crippen LogP contribution in [0.1, 0.15) is 12.5 Å². The SMILES string of the molecule is C[C@]1(Cc2ccc3c(c2)OCO3)NC(=O)N(CC(=O)NC(=O)Nc2ccc3c(c2)OCCO3)C1=O. The molecule has 2 aromatic rings. The standard InChI is InChI=1S/C23H22N4O8/c1-23(10-13-2-4-16-17(8-13)35-12-34-16)20(29)27(22(31)26-23)11-19(28)25-21(30)24-14-3-5-15-18(9-14)33-7-6-32-15/h2-5,8-9H,6-7,10-12H2,1H3,(H,26,31)(H2,24,25,28,30)/t23-/m1/s1. The molecule has 1 fully saturated rings. The number of benzene rings is 2. The van der Waals surface area contributed by atoms with Gasteiger partial charge in [-0.2, -0.15) is 0 Å². The number of hydrogen-bond donors (Lipinski definition) is 3. The van der Waals surface area contributed by atoms with Crippen LogP contribution in [0.15, 0.2) is 36.4 Å². The van der Waals surface area contributed by atoms with Crippen molar-refractivity contribution in [1.29, 1.82) is 0 Å². The zero-order valence-electron chi connectivity index (χ0n) is 18.7. The number of ether oxygens (including phenoxy) is 4. The van der Waals surface area contributed by atoms with Gasteiger partial charge in [0.1, 0.15) is 25.3 Å². The molecule has 3 N–H and O–H groups in total. The van der Waals surface area contributed by atoms with Crippen LogP contribution in [0.4, 0.5) is 15.3 Å². The van der Waals surface area contributed by atoms with Crippen LogP contribution in [0.3, 0.4) is 0 Å². The molecular formula is C23H22N4O8. The highest BCUT2D eigenvalue weighted by molar-refractivity contribution is 6.10. The molecule has 0 saturated carbocycles. The first kappa shape index (κ1) is 22.3. The number of amides is 6. The van der Waals surface area contributed by atoms with E-state index in [2.05, 4.69) is 16.0 Å². The van der Waals surface area contributed by atoms with Crippen molar-refractivity contribution in [1.82, 2.24) is 15.5 Å². The minimum atomic E-state index is -1.27. The summed E-state index contributed by atoms with van der Waals surface area (Å²) in [6, 6.07) is 8.50.